The van der Waals surface area contributed by atoms with Crippen LogP contribution in [0.5, 0.6) is 0 Å². The van der Waals surface area contributed by atoms with Crippen LogP contribution < -0.4 is 10.2 Å². The molecule has 0 saturated carbocycles. The van der Waals surface area contributed by atoms with Crippen LogP contribution in [0.25, 0.3) is 10.1 Å². The Morgan fingerprint density at radius 1 is 1.32 bits per heavy atom. The lowest BCUT2D eigenvalue weighted by Crippen LogP contribution is -2.43. The Bertz CT molecular complexity index is 1020. The maximum Gasteiger partial charge on any atom is 0.225 e. The Morgan fingerprint density at radius 2 is 2.18 bits per heavy atom. The second kappa shape index (κ2) is 7.83. The average molecular weight is 401 g/mol. The first kappa shape index (κ1) is 18.8. The van der Waals surface area contributed by atoms with Gasteiger partial charge >= 0.3 is 0 Å². The van der Waals surface area contributed by atoms with Crippen LogP contribution in [0.1, 0.15) is 23.3 Å². The van der Waals surface area contributed by atoms with Crippen LogP contribution in [-0.2, 0) is 11.3 Å². The third kappa shape index (κ3) is 3.85. The van der Waals surface area contributed by atoms with Gasteiger partial charge in [-0.25, -0.2) is 13.8 Å². The highest BCUT2D eigenvalue weighted by Crippen LogP contribution is 2.33. The molecule has 7 heteroatoms. The van der Waals surface area contributed by atoms with Crippen molar-refractivity contribution in [2.24, 2.45) is 5.92 Å². The number of pyridine rings is 1. The highest BCUT2D eigenvalue weighted by Gasteiger charge is 2.27. The van der Waals surface area contributed by atoms with Crippen molar-refractivity contribution in [3.05, 3.63) is 58.6 Å². The minimum Gasteiger partial charge on any atom is -0.355 e. The molecular formula is C21H21F2N3OS. The van der Waals surface area contributed by atoms with E-state index in [-0.39, 0.29) is 23.9 Å². The van der Waals surface area contributed by atoms with Crippen LogP contribution in [-0.4, -0.2) is 24.0 Å². The molecule has 1 unspecified atom stereocenters. The molecule has 3 aromatic rings. The van der Waals surface area contributed by atoms with E-state index < -0.39 is 11.6 Å². The number of hydrogen-bond acceptors (Lipinski definition) is 4. The predicted molar refractivity (Wildman–Crippen MR) is 107 cm³/mol. The number of halogens is 2. The van der Waals surface area contributed by atoms with Crippen molar-refractivity contribution in [2.75, 3.05) is 18.0 Å². The van der Waals surface area contributed by atoms with Gasteiger partial charge in [-0.1, -0.05) is 6.07 Å². The van der Waals surface area contributed by atoms with Gasteiger partial charge in [-0.3, -0.25) is 4.79 Å². The van der Waals surface area contributed by atoms with E-state index >= 15 is 0 Å². The van der Waals surface area contributed by atoms with Crippen molar-refractivity contribution in [3.8, 4) is 0 Å². The third-order valence-electron chi connectivity index (χ3n) is 5.11. The number of carbonyl (C=O) groups excluding carboxylic acids is 1. The number of piperidine rings is 1. The summed E-state index contributed by atoms with van der Waals surface area (Å²) in [6.07, 6.45) is 3.49. The molecule has 1 amide bonds. The summed E-state index contributed by atoms with van der Waals surface area (Å²) in [5.41, 5.74) is 0.280. The Balaban J connectivity index is 1.45. The standard InChI is InChI=1S/C21H21F2N3OS/c1-13-9-17-19(28-13)6-7-24-20(17)26-8-2-3-15(12-26)21(27)25-11-14-4-5-16(22)10-18(14)23/h4-7,9-10,15H,2-3,8,11-12H2,1H3,(H,25,27). The third-order valence-corrected chi connectivity index (χ3v) is 6.12. The number of nitrogens with zero attached hydrogens (tertiary/aromatic N) is 2. The molecule has 1 aromatic carbocycles. The number of benzene rings is 1. The first-order valence-corrected chi connectivity index (χ1v) is 10.1. The van der Waals surface area contributed by atoms with Gasteiger partial charge in [0.2, 0.25) is 5.91 Å². The fourth-order valence-electron chi connectivity index (χ4n) is 3.70. The van der Waals surface area contributed by atoms with E-state index in [2.05, 4.69) is 28.2 Å². The molecule has 0 radical (unpaired) electrons. The van der Waals surface area contributed by atoms with Crippen LogP contribution in [0.3, 0.4) is 0 Å². The fraction of sp³-hybridized carbons (Fsp3) is 0.333. The molecular weight excluding hydrogens is 380 g/mol. The summed E-state index contributed by atoms with van der Waals surface area (Å²) in [5.74, 6) is -0.643. The molecule has 2 aromatic heterocycles. The summed E-state index contributed by atoms with van der Waals surface area (Å²) >= 11 is 1.74. The number of anilines is 1. The molecule has 28 heavy (non-hydrogen) atoms. The van der Waals surface area contributed by atoms with Gasteiger partial charge in [-0.15, -0.1) is 11.3 Å². The Labute approximate surface area is 166 Å². The van der Waals surface area contributed by atoms with Gasteiger partial charge < -0.3 is 10.2 Å². The fourth-order valence-corrected chi connectivity index (χ4v) is 4.62. The second-order valence-corrected chi connectivity index (χ2v) is 8.43. The zero-order valence-corrected chi connectivity index (χ0v) is 16.4. The number of thiophene rings is 1. The number of hydrogen-bond donors (Lipinski definition) is 1. The van der Waals surface area contributed by atoms with Crippen molar-refractivity contribution < 1.29 is 13.6 Å². The SMILES string of the molecule is Cc1cc2c(N3CCCC(C(=O)NCc4ccc(F)cc4F)C3)nccc2s1. The van der Waals surface area contributed by atoms with E-state index in [0.29, 0.717) is 6.54 Å². The lowest BCUT2D eigenvalue weighted by Gasteiger charge is -2.33. The Hall–Kier alpha value is -2.54. The Kier molecular flexibility index (Phi) is 5.26. The molecule has 0 aliphatic carbocycles. The van der Waals surface area contributed by atoms with Crippen molar-refractivity contribution >= 4 is 33.1 Å². The number of fused-ring (bicyclic) bond motifs is 1. The number of amides is 1. The van der Waals surface area contributed by atoms with E-state index in [1.54, 1.807) is 11.3 Å². The lowest BCUT2D eigenvalue weighted by molar-refractivity contribution is -0.125. The van der Waals surface area contributed by atoms with Gasteiger partial charge in [0.05, 0.1) is 5.92 Å². The maximum absolute atomic E-state index is 13.8. The topological polar surface area (TPSA) is 45.2 Å². The normalized spacial score (nSPS) is 17.1. The molecule has 0 bridgehead atoms. The highest BCUT2D eigenvalue weighted by atomic mass is 32.1. The molecule has 1 aliphatic rings. The molecule has 4 rings (SSSR count). The Morgan fingerprint density at radius 3 is 3.00 bits per heavy atom. The highest BCUT2D eigenvalue weighted by molar-refractivity contribution is 7.19. The monoisotopic (exact) mass is 401 g/mol. The first-order valence-electron chi connectivity index (χ1n) is 9.33. The molecule has 1 N–H and O–H groups in total. The minimum absolute atomic E-state index is 0.0546. The molecule has 146 valence electrons. The molecule has 3 heterocycles. The number of nitrogens with one attached hydrogen (secondary N) is 1. The number of carbonyl (C=O) groups is 1. The van der Waals surface area contributed by atoms with Crippen molar-refractivity contribution in [3.63, 3.8) is 0 Å². The predicted octanol–water partition coefficient (Wildman–Crippen LogP) is 4.42. The largest absolute Gasteiger partial charge is 0.355 e. The van der Waals surface area contributed by atoms with E-state index in [1.165, 1.54) is 21.7 Å². The summed E-state index contributed by atoms with van der Waals surface area (Å²) < 4.78 is 28.0. The van der Waals surface area contributed by atoms with Crippen LogP contribution >= 0.6 is 11.3 Å². The molecule has 4 nitrogen and oxygen atoms in total. The molecule has 0 spiro atoms. The number of rotatable bonds is 4. The van der Waals surface area contributed by atoms with Crippen molar-refractivity contribution in [2.45, 2.75) is 26.3 Å². The van der Waals surface area contributed by atoms with E-state index in [9.17, 15) is 13.6 Å². The van der Waals surface area contributed by atoms with Crippen LogP contribution in [0.15, 0.2) is 36.5 Å². The first-order chi connectivity index (χ1) is 13.5. The molecule has 1 atom stereocenters. The molecule has 1 aliphatic heterocycles. The van der Waals surface area contributed by atoms with E-state index in [1.807, 2.05) is 12.3 Å². The van der Waals surface area contributed by atoms with Crippen molar-refractivity contribution in [1.29, 1.82) is 0 Å². The molecule has 1 saturated heterocycles. The van der Waals surface area contributed by atoms with Gasteiger partial charge in [0.25, 0.3) is 0 Å². The summed E-state index contributed by atoms with van der Waals surface area (Å²) in [7, 11) is 0. The summed E-state index contributed by atoms with van der Waals surface area (Å²) in [6, 6.07) is 7.55. The van der Waals surface area contributed by atoms with Gasteiger partial charge in [-0.2, -0.15) is 0 Å². The van der Waals surface area contributed by atoms with Crippen LogP contribution in [0.4, 0.5) is 14.6 Å². The van der Waals surface area contributed by atoms with Crippen LogP contribution in [0, 0.1) is 24.5 Å². The summed E-state index contributed by atoms with van der Waals surface area (Å²) in [6.45, 7) is 3.57. The lowest BCUT2D eigenvalue weighted by atomic mass is 9.96. The average Bonchev–Trinajstić information content (AvgIpc) is 3.07. The number of aromatic nitrogens is 1. The quantitative estimate of drug-likeness (QED) is 0.704. The zero-order valence-electron chi connectivity index (χ0n) is 15.5. The maximum atomic E-state index is 13.8. The summed E-state index contributed by atoms with van der Waals surface area (Å²) in [5, 5.41) is 3.92. The van der Waals surface area contributed by atoms with E-state index in [0.717, 1.165) is 36.7 Å². The second-order valence-electron chi connectivity index (χ2n) is 7.14. The van der Waals surface area contributed by atoms with Gasteiger partial charge in [0.15, 0.2) is 0 Å². The minimum atomic E-state index is -0.644. The van der Waals surface area contributed by atoms with Gasteiger partial charge in [0.1, 0.15) is 17.5 Å². The van der Waals surface area contributed by atoms with Crippen molar-refractivity contribution in [1.82, 2.24) is 10.3 Å². The van der Waals surface area contributed by atoms with E-state index in [4.69, 9.17) is 0 Å². The smallest absolute Gasteiger partial charge is 0.225 e. The number of aryl methyl sites for hydroxylation is 1. The van der Waals surface area contributed by atoms with Gasteiger partial charge in [-0.05, 0) is 38.0 Å². The molecule has 1 fully saturated rings. The van der Waals surface area contributed by atoms with Gasteiger partial charge in [0, 0.05) is 52.4 Å². The van der Waals surface area contributed by atoms with Crippen LogP contribution in [0.2, 0.25) is 0 Å². The summed E-state index contributed by atoms with van der Waals surface area (Å²) in [4.78, 5) is 20.6. The zero-order chi connectivity index (χ0) is 19.7.